The first kappa shape index (κ1) is 13.4. The number of halogens is 2. The third-order valence-electron chi connectivity index (χ3n) is 2.50. The van der Waals surface area contributed by atoms with E-state index in [2.05, 4.69) is 37.2 Å². The summed E-state index contributed by atoms with van der Waals surface area (Å²) in [7, 11) is 0. The molecule has 1 amide bonds. The van der Waals surface area contributed by atoms with Crippen LogP contribution in [-0.4, -0.2) is 5.91 Å². The number of hydrogen-bond donors (Lipinski definition) is 1. The Hall–Kier alpha value is -1.07. The van der Waals surface area contributed by atoms with E-state index < -0.39 is 0 Å². The monoisotopic (exact) mass is 371 g/mol. The average molecular weight is 373 g/mol. The standard InChI is InChI=1S/C13H11Br2NO2/c1-8(14)9-4-2-3-5-11(9)16-13(17)10-6-7-18-12(10)15/h2-8H,1H3,(H,16,17). The highest BCUT2D eigenvalue weighted by atomic mass is 79.9. The Kier molecular flexibility index (Phi) is 4.24. The molecule has 0 bridgehead atoms. The molecule has 2 aromatic rings. The Morgan fingerprint density at radius 1 is 1.33 bits per heavy atom. The number of benzene rings is 1. The smallest absolute Gasteiger partial charge is 0.260 e. The molecule has 1 N–H and O–H groups in total. The Bertz CT molecular complexity index is 564. The van der Waals surface area contributed by atoms with Crippen LogP contribution < -0.4 is 5.32 Å². The van der Waals surface area contributed by atoms with Crippen LogP contribution in [0.4, 0.5) is 5.69 Å². The fourth-order valence-electron chi connectivity index (χ4n) is 1.60. The molecule has 1 aromatic carbocycles. The molecule has 0 aliphatic heterocycles. The van der Waals surface area contributed by atoms with Gasteiger partial charge in [0.1, 0.15) is 0 Å². The topological polar surface area (TPSA) is 42.2 Å². The number of rotatable bonds is 3. The molecule has 18 heavy (non-hydrogen) atoms. The largest absolute Gasteiger partial charge is 0.457 e. The first-order chi connectivity index (χ1) is 8.59. The zero-order chi connectivity index (χ0) is 13.1. The van der Waals surface area contributed by atoms with Gasteiger partial charge < -0.3 is 9.73 Å². The molecule has 1 aromatic heterocycles. The summed E-state index contributed by atoms with van der Waals surface area (Å²) in [4.78, 5) is 12.2. The minimum atomic E-state index is -0.198. The second-order valence-corrected chi connectivity index (χ2v) is 5.86. The van der Waals surface area contributed by atoms with Crippen molar-refractivity contribution in [3.05, 3.63) is 52.4 Å². The number of nitrogens with one attached hydrogen (secondary N) is 1. The van der Waals surface area contributed by atoms with Gasteiger partial charge in [-0.1, -0.05) is 34.1 Å². The van der Waals surface area contributed by atoms with Crippen LogP contribution in [0.5, 0.6) is 0 Å². The van der Waals surface area contributed by atoms with E-state index in [0.29, 0.717) is 10.2 Å². The van der Waals surface area contributed by atoms with Crippen molar-refractivity contribution in [3.8, 4) is 0 Å². The lowest BCUT2D eigenvalue weighted by atomic mass is 10.1. The van der Waals surface area contributed by atoms with Crippen molar-refractivity contribution in [2.24, 2.45) is 0 Å². The van der Waals surface area contributed by atoms with E-state index in [9.17, 15) is 4.79 Å². The van der Waals surface area contributed by atoms with Crippen molar-refractivity contribution < 1.29 is 9.21 Å². The number of para-hydroxylation sites is 1. The molecular weight excluding hydrogens is 362 g/mol. The van der Waals surface area contributed by atoms with Gasteiger partial charge in [0.15, 0.2) is 4.67 Å². The van der Waals surface area contributed by atoms with Crippen molar-refractivity contribution in [1.29, 1.82) is 0 Å². The predicted molar refractivity (Wildman–Crippen MR) is 78.1 cm³/mol. The quantitative estimate of drug-likeness (QED) is 0.790. The third kappa shape index (κ3) is 2.84. The van der Waals surface area contributed by atoms with Crippen LogP contribution in [0.1, 0.15) is 27.7 Å². The van der Waals surface area contributed by atoms with Gasteiger partial charge in [0, 0.05) is 10.5 Å². The SMILES string of the molecule is CC(Br)c1ccccc1NC(=O)c1ccoc1Br. The van der Waals surface area contributed by atoms with Crippen molar-refractivity contribution in [1.82, 2.24) is 0 Å². The molecule has 0 fully saturated rings. The fraction of sp³-hybridized carbons (Fsp3) is 0.154. The second-order valence-electron chi connectivity index (χ2n) is 3.77. The minimum Gasteiger partial charge on any atom is -0.457 e. The predicted octanol–water partition coefficient (Wildman–Crippen LogP) is 4.75. The highest BCUT2D eigenvalue weighted by molar-refractivity contribution is 9.10. The summed E-state index contributed by atoms with van der Waals surface area (Å²) >= 11 is 6.70. The van der Waals surface area contributed by atoms with Gasteiger partial charge in [-0.05, 0) is 40.5 Å². The van der Waals surface area contributed by atoms with E-state index in [1.54, 1.807) is 6.07 Å². The second kappa shape index (κ2) is 5.71. The van der Waals surface area contributed by atoms with Crippen LogP contribution in [0, 0.1) is 0 Å². The molecule has 0 aliphatic carbocycles. The number of anilines is 1. The molecule has 94 valence electrons. The van der Waals surface area contributed by atoms with Crippen LogP contribution in [0.3, 0.4) is 0 Å². The van der Waals surface area contributed by atoms with Gasteiger partial charge in [0.25, 0.3) is 5.91 Å². The van der Waals surface area contributed by atoms with Crippen LogP contribution in [-0.2, 0) is 0 Å². The van der Waals surface area contributed by atoms with Gasteiger partial charge in [-0.2, -0.15) is 0 Å². The van der Waals surface area contributed by atoms with E-state index in [4.69, 9.17) is 4.42 Å². The minimum absolute atomic E-state index is 0.168. The fourth-order valence-corrected chi connectivity index (χ4v) is 2.42. The van der Waals surface area contributed by atoms with Gasteiger partial charge in [-0.3, -0.25) is 4.79 Å². The molecule has 0 saturated heterocycles. The molecule has 2 rings (SSSR count). The molecule has 0 aliphatic rings. The van der Waals surface area contributed by atoms with E-state index in [1.165, 1.54) is 6.26 Å². The van der Waals surface area contributed by atoms with Crippen molar-refractivity contribution in [2.75, 3.05) is 5.32 Å². The maximum absolute atomic E-state index is 12.1. The first-order valence-electron chi connectivity index (χ1n) is 5.37. The molecule has 0 saturated carbocycles. The number of furan rings is 1. The average Bonchev–Trinajstić information content (AvgIpc) is 2.76. The number of alkyl halides is 1. The van der Waals surface area contributed by atoms with Crippen molar-refractivity contribution >= 4 is 43.5 Å². The molecule has 0 radical (unpaired) electrons. The highest BCUT2D eigenvalue weighted by Gasteiger charge is 2.15. The molecular formula is C13H11Br2NO2. The lowest BCUT2D eigenvalue weighted by molar-refractivity contribution is 0.102. The number of amides is 1. The lowest BCUT2D eigenvalue weighted by Gasteiger charge is -2.12. The van der Waals surface area contributed by atoms with Gasteiger partial charge in [0.2, 0.25) is 0 Å². The molecule has 1 unspecified atom stereocenters. The number of carbonyl (C=O) groups is 1. The maximum atomic E-state index is 12.1. The molecule has 1 heterocycles. The van der Waals surface area contributed by atoms with Crippen LogP contribution in [0.2, 0.25) is 0 Å². The zero-order valence-corrected chi connectivity index (χ0v) is 12.8. The third-order valence-corrected chi connectivity index (χ3v) is 3.61. The molecule has 1 atom stereocenters. The van der Waals surface area contributed by atoms with Crippen LogP contribution >= 0.6 is 31.9 Å². The number of carbonyl (C=O) groups excluding carboxylic acids is 1. The zero-order valence-electron chi connectivity index (χ0n) is 9.61. The summed E-state index contributed by atoms with van der Waals surface area (Å²) in [5.41, 5.74) is 2.30. The Morgan fingerprint density at radius 3 is 2.67 bits per heavy atom. The van der Waals surface area contributed by atoms with Crippen LogP contribution in [0.15, 0.2) is 45.7 Å². The van der Waals surface area contributed by atoms with E-state index in [1.807, 2.05) is 31.2 Å². The normalized spacial score (nSPS) is 12.2. The summed E-state index contributed by atoms with van der Waals surface area (Å²) in [5.74, 6) is -0.198. The van der Waals surface area contributed by atoms with Gasteiger partial charge in [-0.25, -0.2) is 0 Å². The van der Waals surface area contributed by atoms with Gasteiger partial charge in [-0.15, -0.1) is 0 Å². The Labute approximate surface area is 122 Å². The van der Waals surface area contributed by atoms with Gasteiger partial charge in [0.05, 0.1) is 11.8 Å². The maximum Gasteiger partial charge on any atom is 0.260 e. The molecule has 0 spiro atoms. The highest BCUT2D eigenvalue weighted by Crippen LogP contribution is 2.29. The van der Waals surface area contributed by atoms with Crippen molar-refractivity contribution in [2.45, 2.75) is 11.8 Å². The summed E-state index contributed by atoms with van der Waals surface area (Å²) in [5, 5.41) is 2.88. The van der Waals surface area contributed by atoms with E-state index in [-0.39, 0.29) is 10.7 Å². The van der Waals surface area contributed by atoms with Gasteiger partial charge >= 0.3 is 0 Å². The molecule has 3 nitrogen and oxygen atoms in total. The van der Waals surface area contributed by atoms with E-state index >= 15 is 0 Å². The Morgan fingerprint density at radius 2 is 2.06 bits per heavy atom. The van der Waals surface area contributed by atoms with Crippen LogP contribution in [0.25, 0.3) is 0 Å². The van der Waals surface area contributed by atoms with Crippen molar-refractivity contribution in [3.63, 3.8) is 0 Å². The summed E-state index contributed by atoms with van der Waals surface area (Å²) in [6.45, 7) is 2.01. The number of hydrogen-bond acceptors (Lipinski definition) is 2. The first-order valence-corrected chi connectivity index (χ1v) is 7.08. The summed E-state index contributed by atoms with van der Waals surface area (Å²) < 4.78 is 5.48. The Balaban J connectivity index is 2.25. The summed E-state index contributed by atoms with van der Waals surface area (Å²) in [6, 6.07) is 9.30. The molecule has 5 heteroatoms. The lowest BCUT2D eigenvalue weighted by Crippen LogP contribution is -2.13. The van der Waals surface area contributed by atoms with E-state index in [0.717, 1.165) is 11.3 Å². The summed E-state index contributed by atoms with van der Waals surface area (Å²) in [6.07, 6.45) is 1.47.